The van der Waals surface area contributed by atoms with Gasteiger partial charge < -0.3 is 26.1 Å². The van der Waals surface area contributed by atoms with Crippen molar-refractivity contribution >= 4 is 40.5 Å². The molecule has 3 rings (SSSR count). The third kappa shape index (κ3) is 7.48. The van der Waals surface area contributed by atoms with E-state index in [-0.39, 0.29) is 80.6 Å². The van der Waals surface area contributed by atoms with Crippen molar-refractivity contribution in [3.63, 3.8) is 0 Å². The Kier molecular flexibility index (Phi) is 11.6. The van der Waals surface area contributed by atoms with Crippen molar-refractivity contribution in [2.45, 2.75) is 39.0 Å². The number of nitrogens with one attached hydrogen (secondary N) is 1. The Hall–Kier alpha value is -3.11. The van der Waals surface area contributed by atoms with Gasteiger partial charge in [0.2, 0.25) is 5.91 Å². The van der Waals surface area contributed by atoms with Gasteiger partial charge in [0.25, 0.3) is 0 Å². The lowest BCUT2D eigenvalue weighted by Gasteiger charge is -2.31. The van der Waals surface area contributed by atoms with Crippen molar-refractivity contribution in [1.82, 2.24) is 0 Å². The van der Waals surface area contributed by atoms with Gasteiger partial charge in [-0.15, -0.1) is 11.6 Å². The van der Waals surface area contributed by atoms with Crippen LogP contribution in [-0.2, 0) is 20.8 Å². The number of hydrogen-bond acceptors (Lipinski definition) is 7. The molecule has 0 aliphatic heterocycles. The smallest absolute Gasteiger partial charge is 0.239 e. The molecule has 2 aromatic carbocycles. The third-order valence-corrected chi connectivity index (χ3v) is 7.12. The molecule has 1 amide bonds. The average molecular weight is 552 g/mol. The van der Waals surface area contributed by atoms with Crippen molar-refractivity contribution in [3.8, 4) is 16.9 Å². The van der Waals surface area contributed by atoms with Crippen LogP contribution >= 0.6 is 11.6 Å². The molecule has 0 spiro atoms. The van der Waals surface area contributed by atoms with Crippen molar-refractivity contribution in [2.75, 3.05) is 24.4 Å². The van der Waals surface area contributed by atoms with E-state index in [2.05, 4.69) is 5.32 Å². The molecule has 0 radical (unpaired) electrons. The van der Waals surface area contributed by atoms with Gasteiger partial charge in [0.15, 0.2) is 5.78 Å². The normalized spacial score (nSPS) is 16.1. The molecular formula is C28H38ClNO8. The van der Waals surface area contributed by atoms with E-state index in [9.17, 15) is 34.5 Å². The number of phenols is 1. The molecule has 38 heavy (non-hydrogen) atoms. The summed E-state index contributed by atoms with van der Waals surface area (Å²) in [6.45, 7) is 0.688. The summed E-state index contributed by atoms with van der Waals surface area (Å²) in [6, 6.07) is 10.3. The van der Waals surface area contributed by atoms with Gasteiger partial charge in [-0.05, 0) is 72.9 Å². The zero-order valence-corrected chi connectivity index (χ0v) is 22.0. The van der Waals surface area contributed by atoms with Gasteiger partial charge in [-0.1, -0.05) is 18.2 Å². The Labute approximate surface area is 229 Å². The van der Waals surface area contributed by atoms with E-state index in [1.807, 2.05) is 0 Å². The number of Topliss-reactive ketones (excluding diaryl/α,β-unsaturated/α-hetero) is 3. The van der Waals surface area contributed by atoms with Gasteiger partial charge in [-0.25, -0.2) is 0 Å². The van der Waals surface area contributed by atoms with Crippen molar-refractivity contribution in [2.24, 2.45) is 17.8 Å². The van der Waals surface area contributed by atoms with Crippen LogP contribution in [0.5, 0.6) is 5.75 Å². The summed E-state index contributed by atoms with van der Waals surface area (Å²) in [5.41, 5.74) is 3.11. The predicted molar refractivity (Wildman–Crippen MR) is 148 cm³/mol. The maximum atomic E-state index is 13.1. The quantitative estimate of drug-likeness (QED) is 0.231. The fourth-order valence-corrected chi connectivity index (χ4v) is 5.28. The maximum Gasteiger partial charge on any atom is 0.239 e. The van der Waals surface area contributed by atoms with Crippen LogP contribution in [0.15, 0.2) is 36.4 Å². The average Bonchev–Trinajstić information content (AvgIpc) is 2.84. The number of carbonyl (C=O) groups excluding carboxylic acids is 4. The van der Waals surface area contributed by atoms with Crippen LogP contribution < -0.4 is 5.32 Å². The number of rotatable bonds is 12. The standard InChI is InChI=1S/C28H32ClNO7.H2O.2H2/c1-16(33)10-25(35)23(15-32)19(8-9-31)11-17-12-22-21(6-7-24(34)28(22)26(36)13-17)18-2-4-20(5-3-18)30-27(37)14-29;;;/h2-7,17,19,23,31-32,34H,8-15H2,1H3,(H,30,37);1H2;2*1H. The summed E-state index contributed by atoms with van der Waals surface area (Å²) in [6.07, 6.45) is 0.998. The first-order chi connectivity index (χ1) is 17.7. The molecule has 6 N–H and O–H groups in total. The highest BCUT2D eigenvalue weighted by Gasteiger charge is 2.35. The molecule has 3 unspecified atom stereocenters. The van der Waals surface area contributed by atoms with E-state index in [1.54, 1.807) is 30.3 Å². The molecule has 9 nitrogen and oxygen atoms in total. The van der Waals surface area contributed by atoms with Gasteiger partial charge >= 0.3 is 0 Å². The van der Waals surface area contributed by atoms with Crippen LogP contribution in [0.3, 0.4) is 0 Å². The van der Waals surface area contributed by atoms with Crippen LogP contribution in [0.25, 0.3) is 11.1 Å². The number of aromatic hydroxyl groups is 1. The number of alkyl halides is 1. The molecule has 0 saturated heterocycles. The Balaban J connectivity index is 0.00000507. The van der Waals surface area contributed by atoms with Gasteiger partial charge in [0.05, 0.1) is 18.6 Å². The largest absolute Gasteiger partial charge is 0.507 e. The van der Waals surface area contributed by atoms with E-state index in [0.717, 1.165) is 11.1 Å². The number of hydrogen-bond donors (Lipinski definition) is 4. The highest BCUT2D eigenvalue weighted by molar-refractivity contribution is 6.29. The van der Waals surface area contributed by atoms with Crippen molar-refractivity contribution in [1.29, 1.82) is 0 Å². The Morgan fingerprint density at radius 2 is 1.79 bits per heavy atom. The Morgan fingerprint density at radius 1 is 1.11 bits per heavy atom. The molecule has 1 aliphatic rings. The minimum atomic E-state index is -0.799. The first-order valence-electron chi connectivity index (χ1n) is 12.3. The number of halogens is 1. The summed E-state index contributed by atoms with van der Waals surface area (Å²) in [7, 11) is 0. The van der Waals surface area contributed by atoms with Crippen LogP contribution in [0.1, 0.15) is 51.4 Å². The topological polar surface area (TPSA) is 173 Å². The number of phenolic OH excluding ortho intramolecular Hbond substituents is 1. The van der Waals surface area contributed by atoms with Gasteiger partial charge in [0.1, 0.15) is 23.2 Å². The monoisotopic (exact) mass is 551 g/mol. The zero-order chi connectivity index (χ0) is 27.1. The van der Waals surface area contributed by atoms with E-state index < -0.39 is 18.4 Å². The first kappa shape index (κ1) is 31.1. The molecule has 0 aromatic heterocycles. The third-order valence-electron chi connectivity index (χ3n) is 6.88. The molecule has 2 aromatic rings. The molecule has 3 atom stereocenters. The lowest BCUT2D eigenvalue weighted by molar-refractivity contribution is -0.131. The number of carbonyl (C=O) groups is 4. The summed E-state index contributed by atoms with van der Waals surface area (Å²) < 4.78 is 0. The predicted octanol–water partition coefficient (Wildman–Crippen LogP) is 3.19. The van der Waals surface area contributed by atoms with Crippen LogP contribution in [0.2, 0.25) is 0 Å². The summed E-state index contributed by atoms with van der Waals surface area (Å²) in [5.74, 6) is -2.83. The number of aliphatic hydroxyl groups excluding tert-OH is 2. The number of fused-ring (bicyclic) bond motifs is 1. The number of ketones is 3. The molecule has 210 valence electrons. The van der Waals surface area contributed by atoms with Crippen LogP contribution in [-0.4, -0.2) is 63.1 Å². The van der Waals surface area contributed by atoms with Crippen molar-refractivity contribution in [3.05, 3.63) is 47.5 Å². The van der Waals surface area contributed by atoms with E-state index in [4.69, 9.17) is 11.6 Å². The fourth-order valence-electron chi connectivity index (χ4n) is 5.22. The number of aliphatic hydroxyl groups is 2. The number of amides is 1. The molecule has 0 saturated carbocycles. The number of anilines is 1. The highest BCUT2D eigenvalue weighted by atomic mass is 35.5. The van der Waals surface area contributed by atoms with E-state index in [0.29, 0.717) is 24.1 Å². The number of benzene rings is 2. The zero-order valence-electron chi connectivity index (χ0n) is 21.2. The minimum Gasteiger partial charge on any atom is -0.507 e. The lowest BCUT2D eigenvalue weighted by atomic mass is 9.72. The molecule has 10 heteroatoms. The second kappa shape index (κ2) is 14.2. The molecule has 0 fully saturated rings. The van der Waals surface area contributed by atoms with E-state index >= 15 is 0 Å². The van der Waals surface area contributed by atoms with Gasteiger partial charge in [-0.3, -0.25) is 19.2 Å². The Bertz CT molecular complexity index is 1180. The molecular weight excluding hydrogens is 514 g/mol. The first-order valence-corrected chi connectivity index (χ1v) is 12.8. The molecule has 1 aliphatic carbocycles. The Morgan fingerprint density at radius 3 is 2.37 bits per heavy atom. The summed E-state index contributed by atoms with van der Waals surface area (Å²) in [4.78, 5) is 48.8. The van der Waals surface area contributed by atoms with Gasteiger partial charge in [-0.2, -0.15) is 0 Å². The highest BCUT2D eigenvalue weighted by Crippen LogP contribution is 2.41. The van der Waals surface area contributed by atoms with Gasteiger partial charge in [0, 0.05) is 27.5 Å². The van der Waals surface area contributed by atoms with Crippen LogP contribution in [0, 0.1) is 17.8 Å². The van der Waals surface area contributed by atoms with E-state index in [1.165, 1.54) is 13.0 Å². The fraction of sp³-hybridized carbons (Fsp3) is 0.429. The lowest BCUT2D eigenvalue weighted by Crippen LogP contribution is -2.32. The molecule has 0 bridgehead atoms. The van der Waals surface area contributed by atoms with Crippen molar-refractivity contribution < 1.29 is 42.8 Å². The van der Waals surface area contributed by atoms with Crippen LogP contribution in [0.4, 0.5) is 5.69 Å². The minimum absolute atomic E-state index is 0. The summed E-state index contributed by atoms with van der Waals surface area (Å²) >= 11 is 5.55. The summed E-state index contributed by atoms with van der Waals surface area (Å²) in [5, 5.41) is 32.7. The molecule has 0 heterocycles. The SMILES string of the molecule is CC(=O)CC(=O)C(CO)C(CCO)CC1CC(=O)c2c(O)ccc(-c3ccc(NC(=O)CCl)cc3)c2C1.O.[HH].[HH]. The second-order valence-corrected chi connectivity index (χ2v) is 9.85. The maximum absolute atomic E-state index is 13.1. The second-order valence-electron chi connectivity index (χ2n) is 9.58.